The Morgan fingerprint density at radius 3 is 2.57 bits per heavy atom. The van der Waals surface area contributed by atoms with Crippen LogP contribution < -0.4 is 0 Å². The van der Waals surface area contributed by atoms with E-state index in [1.165, 1.54) is 27.4 Å². The number of esters is 1. The number of ether oxygens (including phenoxy) is 4. The summed E-state index contributed by atoms with van der Waals surface area (Å²) in [6.07, 6.45) is 0.952. The van der Waals surface area contributed by atoms with Crippen molar-refractivity contribution < 1.29 is 23.7 Å². The predicted molar refractivity (Wildman–Crippen MR) is 47.4 cm³/mol. The van der Waals surface area contributed by atoms with Crippen LogP contribution >= 0.6 is 0 Å². The summed E-state index contributed by atoms with van der Waals surface area (Å²) in [5.41, 5.74) is 0. The maximum absolute atomic E-state index is 10.9. The van der Waals surface area contributed by atoms with E-state index in [9.17, 15) is 4.79 Å². The zero-order valence-corrected chi connectivity index (χ0v) is 8.48. The van der Waals surface area contributed by atoms with Crippen LogP contribution in [-0.2, 0) is 23.7 Å². The average Bonchev–Trinajstić information content (AvgIpc) is 2.55. The highest BCUT2D eigenvalue weighted by molar-refractivity contribution is 5.85. The molecule has 1 heterocycles. The Morgan fingerprint density at radius 1 is 1.43 bits per heavy atom. The molecule has 1 aliphatic heterocycles. The molecule has 0 aliphatic carbocycles. The van der Waals surface area contributed by atoms with Gasteiger partial charge in [0.05, 0.1) is 13.2 Å². The minimum atomic E-state index is -0.405. The second-order valence-electron chi connectivity index (χ2n) is 2.81. The molecule has 0 N–H and O–H groups in total. The number of hydrogen-bond acceptors (Lipinski definition) is 5. The monoisotopic (exact) mass is 202 g/mol. The van der Waals surface area contributed by atoms with E-state index in [2.05, 4.69) is 0 Å². The van der Waals surface area contributed by atoms with Gasteiger partial charge in [-0.05, 0) is 0 Å². The average molecular weight is 202 g/mol. The minimum absolute atomic E-state index is 0.391. The van der Waals surface area contributed by atoms with E-state index in [-0.39, 0.29) is 0 Å². The van der Waals surface area contributed by atoms with Gasteiger partial charge in [0.1, 0.15) is 5.76 Å². The van der Waals surface area contributed by atoms with Gasteiger partial charge in [0, 0.05) is 20.6 Å². The van der Waals surface area contributed by atoms with Crippen molar-refractivity contribution in [1.82, 2.24) is 0 Å². The molecule has 0 bridgehead atoms. The fraction of sp³-hybridized carbons (Fsp3) is 0.667. The molecule has 0 aromatic rings. The molecule has 1 rings (SSSR count). The minimum Gasteiger partial charge on any atom is -0.497 e. The summed E-state index contributed by atoms with van der Waals surface area (Å²) < 4.78 is 20.0. The van der Waals surface area contributed by atoms with E-state index in [0.717, 1.165) is 0 Å². The molecule has 0 spiro atoms. The van der Waals surface area contributed by atoms with Gasteiger partial charge in [-0.1, -0.05) is 0 Å². The summed E-state index contributed by atoms with van der Waals surface area (Å²) in [6, 6.07) is 0. The van der Waals surface area contributed by atoms with E-state index in [1.807, 2.05) is 0 Å². The number of methoxy groups -OCH3 is 3. The molecular weight excluding hydrogens is 188 g/mol. The van der Waals surface area contributed by atoms with E-state index in [0.29, 0.717) is 12.2 Å². The van der Waals surface area contributed by atoms with Crippen LogP contribution in [0.5, 0.6) is 0 Å². The Balaban J connectivity index is 2.53. The lowest BCUT2D eigenvalue weighted by Crippen LogP contribution is -2.24. The summed E-state index contributed by atoms with van der Waals surface area (Å²) in [4.78, 5) is 10.9. The van der Waals surface area contributed by atoms with E-state index in [4.69, 9.17) is 18.9 Å². The van der Waals surface area contributed by atoms with Gasteiger partial charge in [-0.3, -0.25) is 0 Å². The highest BCUT2D eigenvalue weighted by Gasteiger charge is 2.29. The van der Waals surface area contributed by atoms with Crippen LogP contribution in [0, 0.1) is 0 Å². The SMILES string of the molecule is COC1=CC(=O)O[C@H]1CC(OC)OC. The summed E-state index contributed by atoms with van der Waals surface area (Å²) >= 11 is 0. The largest absolute Gasteiger partial charge is 0.497 e. The lowest BCUT2D eigenvalue weighted by atomic mass is 10.2. The van der Waals surface area contributed by atoms with Crippen molar-refractivity contribution in [2.45, 2.75) is 18.8 Å². The van der Waals surface area contributed by atoms with Gasteiger partial charge in [-0.25, -0.2) is 4.79 Å². The first-order valence-corrected chi connectivity index (χ1v) is 4.23. The van der Waals surface area contributed by atoms with Crippen LogP contribution in [0.1, 0.15) is 6.42 Å². The Morgan fingerprint density at radius 2 is 2.07 bits per heavy atom. The first-order chi connectivity index (χ1) is 6.71. The molecule has 5 heteroatoms. The maximum Gasteiger partial charge on any atom is 0.335 e. The summed E-state index contributed by atoms with van der Waals surface area (Å²) in [5, 5.41) is 0. The third-order valence-corrected chi connectivity index (χ3v) is 2.00. The number of hydrogen-bond donors (Lipinski definition) is 0. The molecule has 14 heavy (non-hydrogen) atoms. The zero-order chi connectivity index (χ0) is 10.6. The summed E-state index contributed by atoms with van der Waals surface area (Å²) in [6.45, 7) is 0. The van der Waals surface area contributed by atoms with Crippen LogP contribution in [0.15, 0.2) is 11.8 Å². The maximum atomic E-state index is 10.9. The van der Waals surface area contributed by atoms with Gasteiger partial charge >= 0.3 is 5.97 Å². The van der Waals surface area contributed by atoms with Gasteiger partial charge in [0.2, 0.25) is 0 Å². The number of carbonyl (C=O) groups excluding carboxylic acids is 1. The fourth-order valence-electron chi connectivity index (χ4n) is 1.26. The second kappa shape index (κ2) is 4.97. The number of cyclic esters (lactones) is 1. The molecule has 0 saturated carbocycles. The Kier molecular flexibility index (Phi) is 3.91. The van der Waals surface area contributed by atoms with Crippen molar-refractivity contribution in [3.63, 3.8) is 0 Å². The van der Waals surface area contributed by atoms with Gasteiger partial charge < -0.3 is 18.9 Å². The Bertz CT molecular complexity index is 231. The predicted octanol–water partition coefficient (Wildman–Crippen LogP) is 0.451. The van der Waals surface area contributed by atoms with Crippen LogP contribution in [0.3, 0.4) is 0 Å². The lowest BCUT2D eigenvalue weighted by Gasteiger charge is -2.18. The zero-order valence-electron chi connectivity index (χ0n) is 8.48. The molecule has 5 nitrogen and oxygen atoms in total. The van der Waals surface area contributed by atoms with Crippen molar-refractivity contribution in [2.24, 2.45) is 0 Å². The van der Waals surface area contributed by atoms with Crippen molar-refractivity contribution in [3.05, 3.63) is 11.8 Å². The summed E-state index contributed by atoms with van der Waals surface area (Å²) in [5.74, 6) is 0.118. The molecule has 80 valence electrons. The van der Waals surface area contributed by atoms with Gasteiger partial charge in [0.15, 0.2) is 12.4 Å². The molecule has 0 aromatic heterocycles. The smallest absolute Gasteiger partial charge is 0.335 e. The van der Waals surface area contributed by atoms with Gasteiger partial charge in [0.25, 0.3) is 0 Å². The molecule has 0 saturated heterocycles. The van der Waals surface area contributed by atoms with Crippen LogP contribution in [0.25, 0.3) is 0 Å². The van der Waals surface area contributed by atoms with Crippen LogP contribution in [-0.4, -0.2) is 39.7 Å². The fourth-order valence-corrected chi connectivity index (χ4v) is 1.26. The Hall–Kier alpha value is -1.07. The molecule has 0 radical (unpaired) electrons. The van der Waals surface area contributed by atoms with E-state index < -0.39 is 18.4 Å². The van der Waals surface area contributed by atoms with Crippen LogP contribution in [0.2, 0.25) is 0 Å². The normalized spacial score (nSPS) is 21.0. The van der Waals surface area contributed by atoms with Crippen molar-refractivity contribution in [3.8, 4) is 0 Å². The third-order valence-electron chi connectivity index (χ3n) is 2.00. The second-order valence-corrected chi connectivity index (χ2v) is 2.81. The highest BCUT2D eigenvalue weighted by atomic mass is 16.7. The topological polar surface area (TPSA) is 54.0 Å². The summed E-state index contributed by atoms with van der Waals surface area (Å²) in [7, 11) is 4.55. The molecule has 0 amide bonds. The molecular formula is C9H14O5. The van der Waals surface area contributed by atoms with E-state index in [1.54, 1.807) is 0 Å². The quantitative estimate of drug-likeness (QED) is 0.478. The molecule has 1 atom stereocenters. The Labute approximate surface area is 82.6 Å². The lowest BCUT2D eigenvalue weighted by molar-refractivity contribution is -0.149. The van der Waals surface area contributed by atoms with Crippen molar-refractivity contribution >= 4 is 5.97 Å². The number of rotatable bonds is 5. The van der Waals surface area contributed by atoms with Crippen molar-refractivity contribution in [1.29, 1.82) is 0 Å². The van der Waals surface area contributed by atoms with Crippen LogP contribution in [0.4, 0.5) is 0 Å². The molecule has 0 unspecified atom stereocenters. The highest BCUT2D eigenvalue weighted by Crippen LogP contribution is 2.21. The first kappa shape index (κ1) is 11.0. The van der Waals surface area contributed by atoms with Gasteiger partial charge in [-0.15, -0.1) is 0 Å². The standard InChI is InChI=1S/C9H14O5/c1-11-6-4-8(10)14-7(6)5-9(12-2)13-3/h4,7,9H,5H2,1-3H3/t7-/m0/s1. The third kappa shape index (κ3) is 2.46. The molecule has 0 aromatic carbocycles. The van der Waals surface area contributed by atoms with E-state index >= 15 is 0 Å². The molecule has 0 fully saturated rings. The first-order valence-electron chi connectivity index (χ1n) is 4.23. The van der Waals surface area contributed by atoms with Crippen molar-refractivity contribution in [2.75, 3.05) is 21.3 Å². The number of carbonyl (C=O) groups is 1. The van der Waals surface area contributed by atoms with Gasteiger partial charge in [-0.2, -0.15) is 0 Å². The molecule has 1 aliphatic rings.